The first-order valence-corrected chi connectivity index (χ1v) is 9.23. The molecule has 130 valence electrons. The van der Waals surface area contributed by atoms with Gasteiger partial charge in [0, 0.05) is 37.5 Å². The van der Waals surface area contributed by atoms with Gasteiger partial charge in [0.1, 0.15) is 0 Å². The molecule has 1 unspecified atom stereocenters. The number of carbonyl (C=O) groups is 2. The largest absolute Gasteiger partial charge is 0.466 e. The molecule has 1 aromatic rings. The van der Waals surface area contributed by atoms with Crippen LogP contribution in [0.1, 0.15) is 32.2 Å². The summed E-state index contributed by atoms with van der Waals surface area (Å²) < 4.78 is 6.67. The first-order valence-electron chi connectivity index (χ1n) is 8.25. The summed E-state index contributed by atoms with van der Waals surface area (Å²) in [5.74, 6) is 0.454. The Morgan fingerprint density at radius 3 is 2.83 bits per heavy atom. The van der Waals surface area contributed by atoms with Crippen molar-refractivity contribution in [2.75, 3.05) is 25.4 Å². The average Bonchev–Trinajstić information content (AvgIpc) is 2.99. The van der Waals surface area contributed by atoms with Gasteiger partial charge in [-0.25, -0.2) is 4.98 Å². The third-order valence-corrected chi connectivity index (χ3v) is 5.61. The fourth-order valence-electron chi connectivity index (χ4n) is 3.20. The van der Waals surface area contributed by atoms with Gasteiger partial charge in [-0.3, -0.25) is 19.0 Å². The second kappa shape index (κ2) is 7.38. The zero-order valence-electron chi connectivity index (χ0n) is 13.6. The number of carbonyl (C=O) groups excluding carboxylic acids is 2. The first kappa shape index (κ1) is 17.0. The molecule has 7 nitrogen and oxygen atoms in total. The van der Waals surface area contributed by atoms with E-state index in [4.69, 9.17) is 4.74 Å². The Morgan fingerprint density at radius 1 is 1.38 bits per heavy atom. The number of aromatic nitrogens is 2. The first-order chi connectivity index (χ1) is 11.6. The van der Waals surface area contributed by atoms with Crippen molar-refractivity contribution in [1.82, 2.24) is 14.5 Å². The molecule has 0 radical (unpaired) electrons. The Balaban J connectivity index is 1.57. The van der Waals surface area contributed by atoms with Gasteiger partial charge in [0.05, 0.1) is 18.6 Å². The quantitative estimate of drug-likeness (QED) is 0.596. The molecular formula is C16H21N3O4S. The Bertz CT molecular complexity index is 682. The Kier molecular flexibility index (Phi) is 5.23. The van der Waals surface area contributed by atoms with Crippen molar-refractivity contribution in [3.63, 3.8) is 0 Å². The molecular weight excluding hydrogens is 330 g/mol. The number of rotatable bonds is 4. The molecule has 0 saturated carbocycles. The lowest BCUT2D eigenvalue weighted by molar-refractivity contribution is -0.151. The maximum atomic E-state index is 12.5. The molecule has 3 heterocycles. The third-order valence-electron chi connectivity index (χ3n) is 4.49. The summed E-state index contributed by atoms with van der Waals surface area (Å²) in [6, 6.07) is 1.29. The van der Waals surface area contributed by atoms with Crippen LogP contribution in [-0.4, -0.2) is 51.8 Å². The van der Waals surface area contributed by atoms with Crippen LogP contribution in [0, 0.1) is 5.92 Å². The number of ether oxygens (including phenoxy) is 1. The lowest BCUT2D eigenvalue weighted by Gasteiger charge is -2.31. The molecule has 0 aliphatic carbocycles. The van der Waals surface area contributed by atoms with Gasteiger partial charge < -0.3 is 9.64 Å². The smallest absolute Gasteiger partial charge is 0.309 e. The Labute approximate surface area is 144 Å². The van der Waals surface area contributed by atoms with Crippen LogP contribution in [0.15, 0.2) is 22.2 Å². The van der Waals surface area contributed by atoms with E-state index in [2.05, 4.69) is 4.98 Å². The number of thioether (sulfide) groups is 1. The average molecular weight is 351 g/mol. The van der Waals surface area contributed by atoms with Crippen LogP contribution in [0.5, 0.6) is 0 Å². The Morgan fingerprint density at radius 2 is 2.12 bits per heavy atom. The number of hydrogen-bond acceptors (Lipinski definition) is 6. The van der Waals surface area contributed by atoms with Crippen LogP contribution in [-0.2, 0) is 14.3 Å². The standard InChI is InChI=1S/C16H21N3O4S/c1-2-23-15(22)11-4-7-18(8-5-11)14(21)9-12-10-24-16-17-6-3-13(20)19(12)16/h3,6,11-12H,2,4-5,7-10H2,1H3. The molecule has 0 N–H and O–H groups in total. The van der Waals surface area contributed by atoms with E-state index in [1.165, 1.54) is 24.0 Å². The molecule has 0 bridgehead atoms. The summed E-state index contributed by atoms with van der Waals surface area (Å²) in [4.78, 5) is 42.3. The minimum Gasteiger partial charge on any atom is -0.466 e. The summed E-state index contributed by atoms with van der Waals surface area (Å²) in [5, 5.41) is 0.682. The normalized spacial score (nSPS) is 20.7. The summed E-state index contributed by atoms with van der Waals surface area (Å²) in [5.41, 5.74) is -0.108. The van der Waals surface area contributed by atoms with E-state index >= 15 is 0 Å². The topological polar surface area (TPSA) is 81.5 Å². The highest BCUT2D eigenvalue weighted by Gasteiger charge is 2.31. The van der Waals surface area contributed by atoms with Crippen molar-refractivity contribution in [1.29, 1.82) is 0 Å². The molecule has 1 fully saturated rings. The number of esters is 1. The fourth-order valence-corrected chi connectivity index (χ4v) is 4.32. The van der Waals surface area contributed by atoms with E-state index in [9.17, 15) is 14.4 Å². The van der Waals surface area contributed by atoms with Crippen LogP contribution < -0.4 is 5.56 Å². The van der Waals surface area contributed by atoms with E-state index in [1.54, 1.807) is 16.4 Å². The monoisotopic (exact) mass is 351 g/mol. The van der Waals surface area contributed by atoms with Crippen LogP contribution in [0.2, 0.25) is 0 Å². The fraction of sp³-hybridized carbons (Fsp3) is 0.625. The molecule has 0 spiro atoms. The molecule has 2 aliphatic rings. The van der Waals surface area contributed by atoms with Crippen molar-refractivity contribution >= 4 is 23.6 Å². The van der Waals surface area contributed by atoms with Crippen molar-refractivity contribution in [2.45, 2.75) is 37.4 Å². The van der Waals surface area contributed by atoms with Crippen LogP contribution in [0.25, 0.3) is 0 Å². The number of piperidine rings is 1. The molecule has 2 aliphatic heterocycles. The molecule has 1 amide bonds. The molecule has 8 heteroatoms. The van der Waals surface area contributed by atoms with Crippen LogP contribution >= 0.6 is 11.8 Å². The third kappa shape index (κ3) is 3.48. The molecule has 24 heavy (non-hydrogen) atoms. The van der Waals surface area contributed by atoms with Crippen molar-refractivity contribution in [2.24, 2.45) is 5.92 Å². The summed E-state index contributed by atoms with van der Waals surface area (Å²) in [7, 11) is 0. The predicted octanol–water partition coefficient (Wildman–Crippen LogP) is 1.08. The number of likely N-dealkylation sites (tertiary alicyclic amines) is 1. The van der Waals surface area contributed by atoms with Crippen molar-refractivity contribution in [3.05, 3.63) is 22.6 Å². The molecule has 1 aromatic heterocycles. The number of amides is 1. The molecule has 0 aromatic carbocycles. The number of hydrogen-bond donors (Lipinski definition) is 0. The second-order valence-corrected chi connectivity index (χ2v) is 7.00. The highest BCUT2D eigenvalue weighted by Crippen LogP contribution is 2.32. The van der Waals surface area contributed by atoms with Gasteiger partial charge in [-0.1, -0.05) is 11.8 Å². The highest BCUT2D eigenvalue weighted by molar-refractivity contribution is 7.99. The van der Waals surface area contributed by atoms with E-state index in [0.29, 0.717) is 49.9 Å². The minimum absolute atomic E-state index is 0.0338. The molecule has 1 saturated heterocycles. The van der Waals surface area contributed by atoms with Gasteiger partial charge in [0.25, 0.3) is 5.56 Å². The van der Waals surface area contributed by atoms with Gasteiger partial charge in [-0.2, -0.15) is 0 Å². The zero-order valence-corrected chi connectivity index (χ0v) is 14.5. The van der Waals surface area contributed by atoms with E-state index in [1.807, 2.05) is 0 Å². The van der Waals surface area contributed by atoms with Crippen LogP contribution in [0.3, 0.4) is 0 Å². The Hall–Kier alpha value is -1.83. The van der Waals surface area contributed by atoms with Gasteiger partial charge >= 0.3 is 5.97 Å². The lowest BCUT2D eigenvalue weighted by atomic mass is 9.96. The maximum Gasteiger partial charge on any atom is 0.309 e. The SMILES string of the molecule is CCOC(=O)C1CCN(C(=O)CC2CSc3nccc(=O)n32)CC1. The molecule has 1 atom stereocenters. The highest BCUT2D eigenvalue weighted by atomic mass is 32.2. The predicted molar refractivity (Wildman–Crippen MR) is 88.8 cm³/mol. The van der Waals surface area contributed by atoms with Crippen LogP contribution in [0.4, 0.5) is 0 Å². The van der Waals surface area contributed by atoms with Crippen molar-refractivity contribution in [3.8, 4) is 0 Å². The van der Waals surface area contributed by atoms with Gasteiger partial charge in [0.15, 0.2) is 5.16 Å². The van der Waals surface area contributed by atoms with E-state index in [-0.39, 0.29) is 29.4 Å². The van der Waals surface area contributed by atoms with Crippen molar-refractivity contribution < 1.29 is 14.3 Å². The lowest BCUT2D eigenvalue weighted by Crippen LogP contribution is -2.41. The van der Waals surface area contributed by atoms with E-state index in [0.717, 1.165) is 0 Å². The minimum atomic E-state index is -0.164. The maximum absolute atomic E-state index is 12.5. The van der Waals surface area contributed by atoms with Gasteiger partial charge in [-0.15, -0.1) is 0 Å². The van der Waals surface area contributed by atoms with Gasteiger partial charge in [-0.05, 0) is 19.8 Å². The zero-order chi connectivity index (χ0) is 17.1. The van der Waals surface area contributed by atoms with E-state index < -0.39 is 0 Å². The van der Waals surface area contributed by atoms with Gasteiger partial charge in [0.2, 0.25) is 5.91 Å². The summed E-state index contributed by atoms with van der Waals surface area (Å²) in [6.07, 6.45) is 3.09. The molecule has 3 rings (SSSR count). The summed E-state index contributed by atoms with van der Waals surface area (Å²) >= 11 is 1.51. The number of nitrogens with zero attached hydrogens (tertiary/aromatic N) is 3. The second-order valence-electron chi connectivity index (χ2n) is 6.01. The summed E-state index contributed by atoms with van der Waals surface area (Å²) in [6.45, 7) is 3.32. The number of fused-ring (bicyclic) bond motifs is 1.